The average molecular weight is 201 g/mol. The predicted octanol–water partition coefficient (Wildman–Crippen LogP) is 2.98. The Labute approximate surface area is 92.9 Å². The molecule has 0 saturated carbocycles. The standard InChI is InChI=1S/C14H19N/c1-5-9-15-14(6-2)13-10-11(3)7-8-12(13)4/h2,7-8,10,14-15H,5,9H2,1,3-4H3. The lowest BCUT2D eigenvalue weighted by atomic mass is 9.99. The Balaban J connectivity index is 2.91. The van der Waals surface area contributed by atoms with E-state index in [1.54, 1.807) is 0 Å². The topological polar surface area (TPSA) is 12.0 Å². The molecule has 80 valence electrons. The summed E-state index contributed by atoms with van der Waals surface area (Å²) < 4.78 is 0. The van der Waals surface area contributed by atoms with Gasteiger partial charge in [0.1, 0.15) is 0 Å². The third-order valence-electron chi connectivity index (χ3n) is 2.51. The zero-order valence-electron chi connectivity index (χ0n) is 9.80. The van der Waals surface area contributed by atoms with Crippen LogP contribution in [0.5, 0.6) is 0 Å². The van der Waals surface area contributed by atoms with E-state index in [1.807, 2.05) is 0 Å². The van der Waals surface area contributed by atoms with Crippen LogP contribution < -0.4 is 5.32 Å². The van der Waals surface area contributed by atoms with Crippen molar-refractivity contribution in [1.82, 2.24) is 5.32 Å². The largest absolute Gasteiger partial charge is 0.300 e. The van der Waals surface area contributed by atoms with E-state index in [4.69, 9.17) is 6.42 Å². The van der Waals surface area contributed by atoms with Gasteiger partial charge in [-0.2, -0.15) is 0 Å². The summed E-state index contributed by atoms with van der Waals surface area (Å²) in [5, 5.41) is 3.37. The zero-order chi connectivity index (χ0) is 11.3. The Bertz CT molecular complexity index is 360. The first-order valence-corrected chi connectivity index (χ1v) is 5.45. The van der Waals surface area contributed by atoms with Crippen molar-refractivity contribution in [3.63, 3.8) is 0 Å². The second-order valence-electron chi connectivity index (χ2n) is 3.91. The fourth-order valence-corrected chi connectivity index (χ4v) is 1.62. The van der Waals surface area contributed by atoms with Gasteiger partial charge in [-0.3, -0.25) is 5.32 Å². The highest BCUT2D eigenvalue weighted by molar-refractivity contribution is 5.36. The van der Waals surface area contributed by atoms with E-state index < -0.39 is 0 Å². The van der Waals surface area contributed by atoms with Crippen molar-refractivity contribution in [2.24, 2.45) is 0 Å². The minimum absolute atomic E-state index is 0.0462. The first kappa shape index (κ1) is 11.8. The van der Waals surface area contributed by atoms with Crippen LogP contribution in [0.2, 0.25) is 0 Å². The van der Waals surface area contributed by atoms with Crippen LogP contribution in [-0.4, -0.2) is 6.54 Å². The SMILES string of the molecule is C#CC(NCCC)c1cc(C)ccc1C. The van der Waals surface area contributed by atoms with E-state index in [-0.39, 0.29) is 6.04 Å². The van der Waals surface area contributed by atoms with Gasteiger partial charge in [0.05, 0.1) is 6.04 Å². The molecule has 1 aromatic carbocycles. The molecule has 0 bridgehead atoms. The van der Waals surface area contributed by atoms with Crippen molar-refractivity contribution in [3.8, 4) is 12.3 Å². The Morgan fingerprint density at radius 1 is 1.40 bits per heavy atom. The Morgan fingerprint density at radius 2 is 2.13 bits per heavy atom. The molecule has 1 unspecified atom stereocenters. The van der Waals surface area contributed by atoms with E-state index in [2.05, 4.69) is 50.2 Å². The van der Waals surface area contributed by atoms with Gasteiger partial charge in [0, 0.05) is 0 Å². The van der Waals surface area contributed by atoms with Crippen molar-refractivity contribution in [2.45, 2.75) is 33.2 Å². The van der Waals surface area contributed by atoms with Gasteiger partial charge in [-0.1, -0.05) is 36.6 Å². The highest BCUT2D eigenvalue weighted by atomic mass is 14.9. The number of terminal acetylenes is 1. The minimum Gasteiger partial charge on any atom is -0.300 e. The van der Waals surface area contributed by atoms with E-state index in [9.17, 15) is 0 Å². The van der Waals surface area contributed by atoms with Gasteiger partial charge < -0.3 is 0 Å². The number of aryl methyl sites for hydroxylation is 2. The highest BCUT2D eigenvalue weighted by Gasteiger charge is 2.09. The van der Waals surface area contributed by atoms with Gasteiger partial charge >= 0.3 is 0 Å². The normalized spacial score (nSPS) is 12.1. The molecule has 0 spiro atoms. The summed E-state index contributed by atoms with van der Waals surface area (Å²) >= 11 is 0. The van der Waals surface area contributed by atoms with Crippen LogP contribution in [0.1, 0.15) is 36.1 Å². The van der Waals surface area contributed by atoms with E-state index in [0.29, 0.717) is 0 Å². The second-order valence-corrected chi connectivity index (χ2v) is 3.91. The molecule has 0 fully saturated rings. The minimum atomic E-state index is 0.0462. The third-order valence-corrected chi connectivity index (χ3v) is 2.51. The third kappa shape index (κ3) is 3.11. The fraction of sp³-hybridized carbons (Fsp3) is 0.429. The van der Waals surface area contributed by atoms with Gasteiger partial charge in [-0.15, -0.1) is 6.42 Å². The summed E-state index contributed by atoms with van der Waals surface area (Å²) in [5.74, 6) is 2.81. The van der Waals surface area contributed by atoms with Crippen molar-refractivity contribution in [2.75, 3.05) is 6.54 Å². The molecule has 0 aliphatic heterocycles. The monoisotopic (exact) mass is 201 g/mol. The van der Waals surface area contributed by atoms with Crippen molar-refractivity contribution < 1.29 is 0 Å². The molecular weight excluding hydrogens is 182 g/mol. The van der Waals surface area contributed by atoms with Crippen LogP contribution in [0.25, 0.3) is 0 Å². The molecule has 1 rings (SSSR count). The Morgan fingerprint density at radius 3 is 2.73 bits per heavy atom. The quantitative estimate of drug-likeness (QED) is 0.738. The second kappa shape index (κ2) is 5.58. The summed E-state index contributed by atoms with van der Waals surface area (Å²) in [7, 11) is 0. The molecule has 15 heavy (non-hydrogen) atoms. The van der Waals surface area contributed by atoms with E-state index in [1.165, 1.54) is 16.7 Å². The smallest absolute Gasteiger partial charge is 0.0945 e. The molecule has 0 amide bonds. The molecule has 0 aliphatic rings. The molecule has 1 heteroatoms. The fourth-order valence-electron chi connectivity index (χ4n) is 1.62. The van der Waals surface area contributed by atoms with Crippen molar-refractivity contribution in [3.05, 3.63) is 34.9 Å². The van der Waals surface area contributed by atoms with Gasteiger partial charge in [-0.05, 0) is 37.9 Å². The summed E-state index contributed by atoms with van der Waals surface area (Å²) in [6.07, 6.45) is 6.65. The lowest BCUT2D eigenvalue weighted by Gasteiger charge is -2.15. The first-order valence-electron chi connectivity index (χ1n) is 5.45. The Hall–Kier alpha value is -1.26. The number of hydrogen-bond acceptors (Lipinski definition) is 1. The van der Waals surface area contributed by atoms with E-state index in [0.717, 1.165) is 13.0 Å². The maximum Gasteiger partial charge on any atom is 0.0945 e. The molecule has 1 N–H and O–H groups in total. The molecule has 1 atom stereocenters. The number of hydrogen-bond donors (Lipinski definition) is 1. The molecule has 0 heterocycles. The maximum absolute atomic E-state index is 5.55. The molecular formula is C14H19N. The first-order chi connectivity index (χ1) is 7.19. The maximum atomic E-state index is 5.55. The van der Waals surface area contributed by atoms with Crippen LogP contribution in [0.3, 0.4) is 0 Å². The summed E-state index contributed by atoms with van der Waals surface area (Å²) in [6, 6.07) is 6.46. The van der Waals surface area contributed by atoms with Gasteiger partial charge in [-0.25, -0.2) is 0 Å². The lowest BCUT2D eigenvalue weighted by Crippen LogP contribution is -2.21. The molecule has 0 radical (unpaired) electrons. The molecule has 0 aliphatic carbocycles. The van der Waals surface area contributed by atoms with Crippen molar-refractivity contribution in [1.29, 1.82) is 0 Å². The highest BCUT2D eigenvalue weighted by Crippen LogP contribution is 2.18. The van der Waals surface area contributed by atoms with Crippen LogP contribution in [0.15, 0.2) is 18.2 Å². The number of nitrogens with one attached hydrogen (secondary N) is 1. The zero-order valence-corrected chi connectivity index (χ0v) is 9.80. The molecule has 0 aromatic heterocycles. The Kier molecular flexibility index (Phi) is 4.39. The van der Waals surface area contributed by atoms with Crippen LogP contribution >= 0.6 is 0 Å². The predicted molar refractivity (Wildman–Crippen MR) is 65.8 cm³/mol. The number of rotatable bonds is 4. The van der Waals surface area contributed by atoms with Crippen LogP contribution in [0, 0.1) is 26.2 Å². The van der Waals surface area contributed by atoms with Gasteiger partial charge in [0.2, 0.25) is 0 Å². The average Bonchev–Trinajstić information content (AvgIpc) is 2.24. The van der Waals surface area contributed by atoms with Crippen LogP contribution in [0.4, 0.5) is 0 Å². The molecule has 1 aromatic rings. The summed E-state index contributed by atoms with van der Waals surface area (Å²) in [6.45, 7) is 7.30. The number of benzene rings is 1. The van der Waals surface area contributed by atoms with Gasteiger partial charge in [0.25, 0.3) is 0 Å². The summed E-state index contributed by atoms with van der Waals surface area (Å²) in [4.78, 5) is 0. The van der Waals surface area contributed by atoms with E-state index >= 15 is 0 Å². The van der Waals surface area contributed by atoms with Crippen LogP contribution in [-0.2, 0) is 0 Å². The lowest BCUT2D eigenvalue weighted by molar-refractivity contribution is 0.624. The van der Waals surface area contributed by atoms with Crippen molar-refractivity contribution >= 4 is 0 Å². The molecule has 0 saturated heterocycles. The molecule has 1 nitrogen and oxygen atoms in total. The van der Waals surface area contributed by atoms with Gasteiger partial charge in [0.15, 0.2) is 0 Å². The summed E-state index contributed by atoms with van der Waals surface area (Å²) in [5.41, 5.74) is 3.74.